The maximum atomic E-state index is 11.2. The van der Waals surface area contributed by atoms with Gasteiger partial charge in [0.05, 0.1) is 18.1 Å². The Morgan fingerprint density at radius 3 is 3.00 bits per heavy atom. The lowest BCUT2D eigenvalue weighted by atomic mass is 10.3. The van der Waals surface area contributed by atoms with E-state index in [0.29, 0.717) is 17.9 Å². The average Bonchev–Trinajstić information content (AvgIpc) is 2.31. The fraction of sp³-hybridized carbons (Fsp3) is 0.273. The minimum absolute atomic E-state index is 0.0800. The lowest BCUT2D eigenvalue weighted by Gasteiger charge is -2.02. The number of rotatable bonds is 5. The fourth-order valence-electron chi connectivity index (χ4n) is 1.08. The van der Waals surface area contributed by atoms with Gasteiger partial charge in [-0.05, 0) is 30.8 Å². The van der Waals surface area contributed by atoms with Crippen LogP contribution >= 0.6 is 12.2 Å². The van der Waals surface area contributed by atoms with Gasteiger partial charge >= 0.3 is 5.97 Å². The molecule has 0 bridgehead atoms. The Kier molecular flexibility index (Phi) is 5.72. The first-order valence-electron chi connectivity index (χ1n) is 5.37. The van der Waals surface area contributed by atoms with Crippen molar-refractivity contribution < 1.29 is 9.53 Å². The van der Waals surface area contributed by atoms with E-state index in [-0.39, 0.29) is 11.1 Å². The molecule has 0 amide bonds. The van der Waals surface area contributed by atoms with Gasteiger partial charge in [-0.1, -0.05) is 6.92 Å². The fourth-order valence-corrected chi connectivity index (χ4v) is 1.13. The summed E-state index contributed by atoms with van der Waals surface area (Å²) >= 11 is 4.58. The van der Waals surface area contributed by atoms with E-state index in [4.69, 9.17) is 10.5 Å². The van der Waals surface area contributed by atoms with Crippen molar-refractivity contribution in [2.75, 3.05) is 0 Å². The van der Waals surface area contributed by atoms with Crippen molar-refractivity contribution >= 4 is 29.5 Å². The van der Waals surface area contributed by atoms with E-state index >= 15 is 0 Å². The number of aromatic nitrogens is 1. The van der Waals surface area contributed by atoms with Gasteiger partial charge in [-0.15, -0.1) is 0 Å². The highest BCUT2D eigenvalue weighted by molar-refractivity contribution is 7.80. The normalized spacial score (nSPS) is 10.3. The summed E-state index contributed by atoms with van der Waals surface area (Å²) in [5.41, 5.74) is 8.20. The van der Waals surface area contributed by atoms with E-state index in [1.165, 1.54) is 12.4 Å². The van der Waals surface area contributed by atoms with Crippen molar-refractivity contribution in [3.05, 3.63) is 24.0 Å². The molecule has 0 radical (unpaired) electrons. The first-order chi connectivity index (χ1) is 8.61. The van der Waals surface area contributed by atoms with Gasteiger partial charge in [0.1, 0.15) is 5.75 Å². The molecule has 7 heteroatoms. The molecule has 0 spiro atoms. The molecule has 0 aliphatic heterocycles. The predicted octanol–water partition coefficient (Wildman–Crippen LogP) is 0.954. The number of carbonyl (C=O) groups excluding carboxylic acids is 1. The largest absolute Gasteiger partial charge is 0.425 e. The van der Waals surface area contributed by atoms with Crippen LogP contribution < -0.4 is 15.9 Å². The quantitative estimate of drug-likeness (QED) is 0.357. The third-order valence-corrected chi connectivity index (χ3v) is 1.91. The summed E-state index contributed by atoms with van der Waals surface area (Å²) in [6.45, 7) is 1.91. The average molecular weight is 266 g/mol. The minimum Gasteiger partial charge on any atom is -0.425 e. The van der Waals surface area contributed by atoms with E-state index in [9.17, 15) is 4.79 Å². The molecule has 1 aromatic rings. The number of hydrazone groups is 1. The molecule has 0 saturated heterocycles. The second-order valence-electron chi connectivity index (χ2n) is 3.38. The van der Waals surface area contributed by atoms with Crippen LogP contribution in [0.1, 0.15) is 25.5 Å². The van der Waals surface area contributed by atoms with Crippen molar-refractivity contribution in [2.45, 2.75) is 19.8 Å². The third-order valence-electron chi connectivity index (χ3n) is 1.82. The Labute approximate surface area is 110 Å². The van der Waals surface area contributed by atoms with Crippen molar-refractivity contribution in [2.24, 2.45) is 10.8 Å². The number of pyridine rings is 1. The SMILES string of the molecule is CCCC(=O)Oc1ccc(/C=N/NC(N)=S)nc1. The van der Waals surface area contributed by atoms with Crippen LogP contribution in [0.2, 0.25) is 0 Å². The molecule has 1 rings (SSSR count). The molecule has 18 heavy (non-hydrogen) atoms. The minimum atomic E-state index is -0.268. The summed E-state index contributed by atoms with van der Waals surface area (Å²) < 4.78 is 5.05. The van der Waals surface area contributed by atoms with Crippen LogP contribution in [0.25, 0.3) is 0 Å². The van der Waals surface area contributed by atoms with Crippen LogP contribution in [0.3, 0.4) is 0 Å². The molecule has 3 N–H and O–H groups in total. The second-order valence-corrected chi connectivity index (χ2v) is 3.82. The number of ether oxygens (including phenoxy) is 1. The summed E-state index contributed by atoms with van der Waals surface area (Å²) in [5, 5.41) is 3.83. The van der Waals surface area contributed by atoms with Crippen LogP contribution in [-0.2, 0) is 4.79 Å². The number of hydrogen-bond acceptors (Lipinski definition) is 5. The maximum Gasteiger partial charge on any atom is 0.311 e. The number of carbonyl (C=O) groups is 1. The highest BCUT2D eigenvalue weighted by atomic mass is 32.1. The van der Waals surface area contributed by atoms with E-state index < -0.39 is 0 Å². The Morgan fingerprint density at radius 2 is 2.44 bits per heavy atom. The zero-order chi connectivity index (χ0) is 13.4. The van der Waals surface area contributed by atoms with Gasteiger partial charge in [-0.3, -0.25) is 15.2 Å². The number of hydrogen-bond donors (Lipinski definition) is 2. The van der Waals surface area contributed by atoms with Crippen molar-refractivity contribution in [1.82, 2.24) is 10.4 Å². The summed E-state index contributed by atoms with van der Waals surface area (Å²) in [6, 6.07) is 3.31. The number of thiocarbonyl (C=S) groups is 1. The molecule has 0 saturated carbocycles. The highest BCUT2D eigenvalue weighted by Gasteiger charge is 2.03. The summed E-state index contributed by atoms with van der Waals surface area (Å²) in [5.74, 6) is 0.142. The predicted molar refractivity (Wildman–Crippen MR) is 72.3 cm³/mol. The summed E-state index contributed by atoms with van der Waals surface area (Å²) in [6.07, 6.45) is 4.05. The zero-order valence-corrected chi connectivity index (χ0v) is 10.7. The lowest BCUT2D eigenvalue weighted by molar-refractivity contribution is -0.134. The van der Waals surface area contributed by atoms with Gasteiger partial charge in [0.15, 0.2) is 5.11 Å². The molecule has 6 nitrogen and oxygen atoms in total. The number of nitrogens with two attached hydrogens (primary N) is 1. The lowest BCUT2D eigenvalue weighted by Crippen LogP contribution is -2.24. The molecule has 0 aliphatic rings. The molecule has 0 aromatic carbocycles. The van der Waals surface area contributed by atoms with Crippen LogP contribution in [0.15, 0.2) is 23.4 Å². The molecule has 0 fully saturated rings. The Morgan fingerprint density at radius 1 is 1.67 bits per heavy atom. The molecule has 96 valence electrons. The van der Waals surface area contributed by atoms with Crippen molar-refractivity contribution in [1.29, 1.82) is 0 Å². The summed E-state index contributed by atoms with van der Waals surface area (Å²) in [4.78, 5) is 15.3. The Hall–Kier alpha value is -2.02. The first kappa shape index (κ1) is 14.0. The van der Waals surface area contributed by atoms with Crippen LogP contribution in [-0.4, -0.2) is 22.3 Å². The number of esters is 1. The van der Waals surface area contributed by atoms with Gasteiger partial charge in [-0.25, -0.2) is 0 Å². The molecule has 0 unspecified atom stereocenters. The van der Waals surface area contributed by atoms with Crippen molar-refractivity contribution in [3.63, 3.8) is 0 Å². The molecule has 1 heterocycles. The molecule has 0 aliphatic carbocycles. The molecule has 1 aromatic heterocycles. The molecular weight excluding hydrogens is 252 g/mol. The molecular formula is C11H14N4O2S. The van der Waals surface area contributed by atoms with E-state index in [1.807, 2.05) is 6.92 Å². The Bertz CT molecular complexity index is 445. The third kappa shape index (κ3) is 5.35. The summed E-state index contributed by atoms with van der Waals surface area (Å²) in [7, 11) is 0. The van der Waals surface area contributed by atoms with Crippen LogP contribution in [0, 0.1) is 0 Å². The number of nitrogens with zero attached hydrogens (tertiary/aromatic N) is 2. The second kappa shape index (κ2) is 7.33. The number of nitrogens with one attached hydrogen (secondary N) is 1. The zero-order valence-electron chi connectivity index (χ0n) is 9.92. The standard InChI is InChI=1S/C11H14N4O2S/c1-2-3-10(16)17-9-5-4-8(13-7-9)6-14-15-11(12)18/h4-7H,2-3H2,1H3,(H3,12,15,18)/b14-6+. The van der Waals surface area contributed by atoms with E-state index in [2.05, 4.69) is 27.7 Å². The smallest absolute Gasteiger partial charge is 0.311 e. The van der Waals surface area contributed by atoms with Crippen molar-refractivity contribution in [3.8, 4) is 5.75 Å². The van der Waals surface area contributed by atoms with Gasteiger partial charge in [-0.2, -0.15) is 5.10 Å². The van der Waals surface area contributed by atoms with Crippen LogP contribution in [0.4, 0.5) is 0 Å². The van der Waals surface area contributed by atoms with E-state index in [1.54, 1.807) is 12.1 Å². The van der Waals surface area contributed by atoms with Crippen LogP contribution in [0.5, 0.6) is 5.75 Å². The van der Waals surface area contributed by atoms with E-state index in [0.717, 1.165) is 6.42 Å². The maximum absolute atomic E-state index is 11.2. The first-order valence-corrected chi connectivity index (χ1v) is 5.78. The van der Waals surface area contributed by atoms with Gasteiger partial charge in [0, 0.05) is 6.42 Å². The highest BCUT2D eigenvalue weighted by Crippen LogP contribution is 2.09. The van der Waals surface area contributed by atoms with Gasteiger partial charge < -0.3 is 10.5 Å². The van der Waals surface area contributed by atoms with Gasteiger partial charge in [0.25, 0.3) is 0 Å². The monoisotopic (exact) mass is 266 g/mol. The van der Waals surface area contributed by atoms with Gasteiger partial charge in [0.2, 0.25) is 0 Å². The molecule has 0 atom stereocenters. The topological polar surface area (TPSA) is 89.6 Å². The Balaban J connectivity index is 2.54.